The monoisotopic (exact) mass is 436 g/mol. The first-order valence-corrected chi connectivity index (χ1v) is 6.38. The van der Waals surface area contributed by atoms with Gasteiger partial charge in [-0.1, -0.05) is 6.92 Å². The average molecular weight is 436 g/mol. The van der Waals surface area contributed by atoms with Crippen LogP contribution in [0.2, 0.25) is 0 Å². The highest BCUT2D eigenvalue weighted by molar-refractivity contribution is 14.1. The van der Waals surface area contributed by atoms with E-state index >= 15 is 0 Å². The number of urea groups is 2. The minimum atomic E-state index is -0.724. The molecule has 2 saturated heterocycles. The molecular weight excluding hydrogens is 426 g/mol. The van der Waals surface area contributed by atoms with Crippen LogP contribution in [-0.4, -0.2) is 29.6 Å². The summed E-state index contributed by atoms with van der Waals surface area (Å²) in [4.78, 5) is 23.3. The quantitative estimate of drug-likeness (QED) is 0.485. The van der Waals surface area contributed by atoms with E-state index in [2.05, 4.69) is 10.6 Å². The van der Waals surface area contributed by atoms with Crippen LogP contribution in [0.15, 0.2) is 0 Å². The van der Waals surface area contributed by atoms with Crippen molar-refractivity contribution in [3.8, 4) is 0 Å². The summed E-state index contributed by atoms with van der Waals surface area (Å²) in [5.74, 6) is 0. The molecule has 0 unspecified atom stereocenters. The second kappa shape index (κ2) is 3.25. The number of fused-ring (bicyclic) bond motifs is 1. The Hall–Kier alpha value is 0. The summed E-state index contributed by atoms with van der Waals surface area (Å²) in [6, 6.07) is -0.358. The predicted octanol–water partition coefficient (Wildman–Crippen LogP) is 1.56. The minimum absolute atomic E-state index is 0.179. The number of carbonyl (C=O) groups excluding carboxylic acids is 2. The summed E-state index contributed by atoms with van der Waals surface area (Å²) in [5.41, 5.74) is -1.36. The Balaban J connectivity index is 2.55. The number of rotatable bonds is 1. The maximum atomic E-state index is 11.6. The molecule has 6 nitrogen and oxygen atoms in total. The topological polar surface area (TPSA) is 64.7 Å². The molecule has 15 heavy (non-hydrogen) atoms. The average Bonchev–Trinajstić information content (AvgIpc) is 2.46. The third kappa shape index (κ3) is 1.14. The fraction of sp³-hybridized carbons (Fsp3) is 0.714. The number of amides is 4. The lowest BCUT2D eigenvalue weighted by molar-refractivity contribution is 0.125. The molecule has 2 aliphatic rings. The van der Waals surface area contributed by atoms with Gasteiger partial charge >= 0.3 is 12.1 Å². The smallest absolute Gasteiger partial charge is 0.311 e. The van der Waals surface area contributed by atoms with Crippen LogP contribution in [0.4, 0.5) is 9.59 Å². The van der Waals surface area contributed by atoms with Crippen molar-refractivity contribution in [1.82, 2.24) is 16.9 Å². The van der Waals surface area contributed by atoms with Crippen LogP contribution in [-0.2, 0) is 0 Å². The molecule has 0 aromatic heterocycles. The molecule has 0 aromatic rings. The Morgan fingerprint density at radius 1 is 1.20 bits per heavy atom. The summed E-state index contributed by atoms with van der Waals surface area (Å²) in [6.45, 7) is 3.78. The zero-order chi connectivity index (χ0) is 11.4. The van der Waals surface area contributed by atoms with E-state index in [-0.39, 0.29) is 12.1 Å². The molecule has 0 bridgehead atoms. The third-order valence-electron chi connectivity index (χ3n) is 3.01. The fourth-order valence-corrected chi connectivity index (χ4v) is 4.93. The fourth-order valence-electron chi connectivity index (χ4n) is 2.19. The first-order valence-electron chi connectivity index (χ1n) is 4.45. The van der Waals surface area contributed by atoms with E-state index in [9.17, 15) is 9.59 Å². The van der Waals surface area contributed by atoms with Crippen molar-refractivity contribution in [3.63, 3.8) is 0 Å². The lowest BCUT2D eigenvalue weighted by Gasteiger charge is -2.39. The predicted molar refractivity (Wildman–Crippen MR) is 70.2 cm³/mol. The lowest BCUT2D eigenvalue weighted by atomic mass is 9.95. The van der Waals surface area contributed by atoms with Gasteiger partial charge in [0.05, 0.1) is 45.7 Å². The summed E-state index contributed by atoms with van der Waals surface area (Å²) in [5, 5.41) is 5.59. The van der Waals surface area contributed by atoms with Crippen LogP contribution in [0.1, 0.15) is 20.3 Å². The van der Waals surface area contributed by atoms with Crippen LogP contribution in [0.25, 0.3) is 0 Å². The van der Waals surface area contributed by atoms with Crippen molar-refractivity contribution in [2.24, 2.45) is 0 Å². The van der Waals surface area contributed by atoms with Crippen LogP contribution in [0.3, 0.4) is 0 Å². The number of nitrogens with zero attached hydrogens (tertiary/aromatic N) is 2. The Labute approximate surface area is 115 Å². The van der Waals surface area contributed by atoms with Crippen molar-refractivity contribution >= 4 is 57.8 Å². The van der Waals surface area contributed by atoms with Gasteiger partial charge in [-0.3, -0.25) is 0 Å². The first kappa shape index (κ1) is 11.5. The summed E-state index contributed by atoms with van der Waals surface area (Å²) in [6.07, 6.45) is 0.660. The first-order chi connectivity index (χ1) is 6.89. The zero-order valence-corrected chi connectivity index (χ0v) is 12.5. The molecule has 0 spiro atoms. The standard InChI is InChI=1S/C7H10I2N4O2/c1-3-7-6(2,10-4(14)12(7)8)11-5(15)13(7)9/h3H2,1-2H3,(H,10,14)(H,11,15). The maximum Gasteiger partial charge on any atom is 0.330 e. The molecule has 0 radical (unpaired) electrons. The molecule has 2 N–H and O–H groups in total. The summed E-state index contributed by atoms with van der Waals surface area (Å²) < 4.78 is 3.10. The van der Waals surface area contributed by atoms with Crippen LogP contribution >= 0.6 is 45.7 Å². The van der Waals surface area contributed by atoms with E-state index in [1.165, 1.54) is 0 Å². The lowest BCUT2D eigenvalue weighted by Crippen LogP contribution is -2.62. The van der Waals surface area contributed by atoms with Gasteiger partial charge in [-0.05, 0) is 13.3 Å². The van der Waals surface area contributed by atoms with E-state index in [1.807, 2.05) is 59.6 Å². The molecule has 2 fully saturated rings. The van der Waals surface area contributed by atoms with Gasteiger partial charge < -0.3 is 10.6 Å². The second-order valence-electron chi connectivity index (χ2n) is 3.72. The van der Waals surface area contributed by atoms with Crippen molar-refractivity contribution in [3.05, 3.63) is 0 Å². The van der Waals surface area contributed by atoms with E-state index in [0.717, 1.165) is 0 Å². The number of nitrogens with one attached hydrogen (secondary N) is 2. The van der Waals surface area contributed by atoms with Gasteiger partial charge in [0.2, 0.25) is 0 Å². The molecule has 0 saturated carbocycles. The molecule has 0 aromatic carbocycles. The molecule has 84 valence electrons. The number of hydrogen-bond acceptors (Lipinski definition) is 2. The Bertz CT molecular complexity index is 324. The molecule has 2 heterocycles. The largest absolute Gasteiger partial charge is 0.330 e. The molecule has 2 rings (SSSR count). The van der Waals surface area contributed by atoms with E-state index in [0.29, 0.717) is 6.42 Å². The van der Waals surface area contributed by atoms with Gasteiger partial charge in [0.15, 0.2) is 11.3 Å². The number of carbonyl (C=O) groups is 2. The molecule has 0 atom stereocenters. The molecule has 8 heteroatoms. The minimum Gasteiger partial charge on any atom is -0.311 e. The molecule has 0 aliphatic carbocycles. The Morgan fingerprint density at radius 3 is 1.87 bits per heavy atom. The normalized spacial score (nSPS) is 39.2. The van der Waals surface area contributed by atoms with Gasteiger partial charge in [0, 0.05) is 0 Å². The Kier molecular flexibility index (Phi) is 2.48. The number of halogens is 2. The highest BCUT2D eigenvalue weighted by Gasteiger charge is 2.68. The molecular formula is C7H10I2N4O2. The van der Waals surface area contributed by atoms with Crippen molar-refractivity contribution in [1.29, 1.82) is 0 Å². The second-order valence-corrected chi connectivity index (χ2v) is 5.65. The van der Waals surface area contributed by atoms with Gasteiger partial charge in [-0.2, -0.15) is 0 Å². The SMILES string of the molecule is CCC12N(I)C(=O)NC1(C)NC(=O)N2I. The van der Waals surface area contributed by atoms with Crippen LogP contribution in [0, 0.1) is 0 Å². The van der Waals surface area contributed by atoms with Gasteiger partial charge in [-0.25, -0.2) is 15.8 Å². The third-order valence-corrected chi connectivity index (χ3v) is 5.49. The van der Waals surface area contributed by atoms with Gasteiger partial charge in [0.1, 0.15) is 0 Å². The summed E-state index contributed by atoms with van der Waals surface area (Å²) >= 11 is 3.89. The van der Waals surface area contributed by atoms with E-state index in [4.69, 9.17) is 0 Å². The van der Waals surface area contributed by atoms with E-state index in [1.54, 1.807) is 6.23 Å². The van der Waals surface area contributed by atoms with E-state index < -0.39 is 11.3 Å². The van der Waals surface area contributed by atoms with Crippen LogP contribution in [0.5, 0.6) is 0 Å². The van der Waals surface area contributed by atoms with Gasteiger partial charge in [-0.15, -0.1) is 0 Å². The highest BCUT2D eigenvalue weighted by atomic mass is 127. The van der Waals surface area contributed by atoms with Gasteiger partial charge in [0.25, 0.3) is 0 Å². The summed E-state index contributed by atoms with van der Waals surface area (Å²) in [7, 11) is 0. The maximum absolute atomic E-state index is 11.6. The number of hydrogen-bond donors (Lipinski definition) is 2. The molecule has 2 aliphatic heterocycles. The van der Waals surface area contributed by atoms with Crippen molar-refractivity contribution in [2.75, 3.05) is 0 Å². The van der Waals surface area contributed by atoms with Crippen molar-refractivity contribution < 1.29 is 9.59 Å². The van der Waals surface area contributed by atoms with Crippen LogP contribution < -0.4 is 10.6 Å². The van der Waals surface area contributed by atoms with Crippen molar-refractivity contribution in [2.45, 2.75) is 31.6 Å². The zero-order valence-electron chi connectivity index (χ0n) is 8.17. The highest BCUT2D eigenvalue weighted by Crippen LogP contribution is 2.46. The molecule has 4 amide bonds. The Morgan fingerprint density at radius 2 is 1.60 bits per heavy atom.